The third-order valence-electron chi connectivity index (χ3n) is 4.19. The van der Waals surface area contributed by atoms with Crippen molar-refractivity contribution in [3.8, 4) is 0 Å². The number of rotatable bonds is 4. The molecule has 3 atom stereocenters. The molecule has 19 heavy (non-hydrogen) atoms. The quantitative estimate of drug-likeness (QED) is 0.586. The molecule has 0 aromatic heterocycles. The van der Waals surface area contributed by atoms with E-state index in [0.29, 0.717) is 15.8 Å². The van der Waals surface area contributed by atoms with Gasteiger partial charge in [-0.1, -0.05) is 47.3 Å². The Morgan fingerprint density at radius 1 is 1.37 bits per heavy atom. The van der Waals surface area contributed by atoms with E-state index >= 15 is 0 Å². The zero-order chi connectivity index (χ0) is 13.8. The second-order valence-electron chi connectivity index (χ2n) is 5.68. The van der Waals surface area contributed by atoms with Gasteiger partial charge in [-0.15, -0.1) is 0 Å². The van der Waals surface area contributed by atoms with Crippen LogP contribution in [0.15, 0.2) is 18.2 Å². The first-order valence-corrected chi connectivity index (χ1v) is 8.47. The molecule has 1 saturated carbocycles. The molecular weight excluding hydrogens is 327 g/mol. The van der Waals surface area contributed by atoms with E-state index in [1.165, 1.54) is 38.2 Å². The highest BCUT2D eigenvalue weighted by Gasteiger charge is 2.29. The van der Waals surface area contributed by atoms with Crippen molar-refractivity contribution in [3.63, 3.8) is 0 Å². The van der Waals surface area contributed by atoms with Crippen LogP contribution in [0.4, 0.5) is 4.39 Å². The number of hydrogen-bond donors (Lipinski definition) is 0. The van der Waals surface area contributed by atoms with Gasteiger partial charge in [-0.3, -0.25) is 0 Å². The monoisotopic (exact) mass is 346 g/mol. The predicted molar refractivity (Wildman–Crippen MR) is 83.6 cm³/mol. The molecule has 3 unspecified atom stereocenters. The maximum absolute atomic E-state index is 13.8. The van der Waals surface area contributed by atoms with Crippen LogP contribution < -0.4 is 0 Å². The first-order valence-electron chi connectivity index (χ1n) is 7.18. The van der Waals surface area contributed by atoms with Crippen LogP contribution in [-0.2, 0) is 6.42 Å². The lowest BCUT2D eigenvalue weighted by atomic mass is 9.77. The molecule has 1 aromatic carbocycles. The summed E-state index contributed by atoms with van der Waals surface area (Å²) in [6.45, 7) is 2.24. The van der Waals surface area contributed by atoms with Crippen LogP contribution in [0.2, 0.25) is 5.02 Å². The first-order chi connectivity index (χ1) is 9.10. The van der Waals surface area contributed by atoms with Gasteiger partial charge in [0.15, 0.2) is 0 Å². The Morgan fingerprint density at radius 2 is 2.16 bits per heavy atom. The molecule has 0 saturated heterocycles. The summed E-state index contributed by atoms with van der Waals surface area (Å²) in [4.78, 5) is 0.513. The summed E-state index contributed by atoms with van der Waals surface area (Å²) in [6.07, 6.45) is 7.05. The third kappa shape index (κ3) is 4.19. The molecule has 3 heteroatoms. The van der Waals surface area contributed by atoms with E-state index in [-0.39, 0.29) is 5.82 Å². The van der Waals surface area contributed by atoms with Gasteiger partial charge in [-0.25, -0.2) is 4.39 Å². The predicted octanol–water partition coefficient (Wildman–Crippen LogP) is 6.00. The second-order valence-corrected chi connectivity index (χ2v) is 7.30. The standard InChI is InChI=1S/C16H21BrClF/c1-2-3-11-4-6-15(17)12(8-11)9-13-10-14(18)5-7-16(13)19/h5,7,10-12,15H,2-4,6,8-9H2,1H3. The first kappa shape index (κ1) is 15.3. The van der Waals surface area contributed by atoms with Gasteiger partial charge in [0.05, 0.1) is 0 Å². The normalized spacial score (nSPS) is 27.5. The maximum atomic E-state index is 13.8. The van der Waals surface area contributed by atoms with Crippen molar-refractivity contribution in [2.24, 2.45) is 11.8 Å². The van der Waals surface area contributed by atoms with E-state index in [9.17, 15) is 4.39 Å². The number of alkyl halides is 1. The zero-order valence-corrected chi connectivity index (χ0v) is 13.7. The molecule has 1 fully saturated rings. The zero-order valence-electron chi connectivity index (χ0n) is 11.3. The Bertz CT molecular complexity index is 421. The molecular formula is C16H21BrClF. The summed E-state index contributed by atoms with van der Waals surface area (Å²) in [6, 6.07) is 4.88. The van der Waals surface area contributed by atoms with E-state index in [0.717, 1.165) is 17.9 Å². The number of halogens is 3. The fourth-order valence-electron chi connectivity index (χ4n) is 3.19. The fourth-order valence-corrected chi connectivity index (χ4v) is 4.05. The SMILES string of the molecule is CCCC1CCC(Br)C(Cc2cc(Cl)ccc2F)C1. The van der Waals surface area contributed by atoms with E-state index in [1.807, 2.05) is 0 Å². The molecule has 0 spiro atoms. The highest BCUT2D eigenvalue weighted by molar-refractivity contribution is 9.09. The Hall–Kier alpha value is -0.0800. The van der Waals surface area contributed by atoms with Crippen molar-refractivity contribution in [1.82, 2.24) is 0 Å². The van der Waals surface area contributed by atoms with Crippen molar-refractivity contribution >= 4 is 27.5 Å². The van der Waals surface area contributed by atoms with Crippen LogP contribution >= 0.6 is 27.5 Å². The average molecular weight is 348 g/mol. The Kier molecular flexibility index (Phi) is 5.70. The van der Waals surface area contributed by atoms with Crippen LogP contribution in [0.25, 0.3) is 0 Å². The van der Waals surface area contributed by atoms with Crippen LogP contribution in [0.3, 0.4) is 0 Å². The molecule has 106 valence electrons. The molecule has 0 N–H and O–H groups in total. The minimum absolute atomic E-state index is 0.123. The summed E-state index contributed by atoms with van der Waals surface area (Å²) >= 11 is 9.75. The van der Waals surface area contributed by atoms with Crippen molar-refractivity contribution in [2.45, 2.75) is 50.3 Å². The van der Waals surface area contributed by atoms with Gasteiger partial charge < -0.3 is 0 Å². The highest BCUT2D eigenvalue weighted by atomic mass is 79.9. The maximum Gasteiger partial charge on any atom is 0.126 e. The topological polar surface area (TPSA) is 0 Å². The van der Waals surface area contributed by atoms with Gasteiger partial charge >= 0.3 is 0 Å². The van der Waals surface area contributed by atoms with E-state index in [1.54, 1.807) is 12.1 Å². The van der Waals surface area contributed by atoms with Gasteiger partial charge in [0.25, 0.3) is 0 Å². The smallest absolute Gasteiger partial charge is 0.126 e. The summed E-state index contributed by atoms with van der Waals surface area (Å²) in [5, 5.41) is 0.628. The summed E-state index contributed by atoms with van der Waals surface area (Å²) in [7, 11) is 0. The number of hydrogen-bond acceptors (Lipinski definition) is 0. The molecule has 1 aromatic rings. The molecule has 2 rings (SSSR count). The van der Waals surface area contributed by atoms with Crippen molar-refractivity contribution < 1.29 is 4.39 Å². The van der Waals surface area contributed by atoms with Crippen LogP contribution in [0.5, 0.6) is 0 Å². The lowest BCUT2D eigenvalue weighted by Crippen LogP contribution is -2.27. The van der Waals surface area contributed by atoms with E-state index in [2.05, 4.69) is 22.9 Å². The molecule has 0 radical (unpaired) electrons. The molecule has 0 heterocycles. The molecule has 0 amide bonds. The molecule has 0 aliphatic heterocycles. The van der Waals surface area contributed by atoms with Gasteiger partial charge in [0, 0.05) is 9.85 Å². The van der Waals surface area contributed by atoms with E-state index < -0.39 is 0 Å². The minimum atomic E-state index is -0.123. The van der Waals surface area contributed by atoms with Crippen molar-refractivity contribution in [3.05, 3.63) is 34.6 Å². The fraction of sp³-hybridized carbons (Fsp3) is 0.625. The van der Waals surface area contributed by atoms with Crippen molar-refractivity contribution in [2.75, 3.05) is 0 Å². The molecule has 1 aliphatic rings. The summed E-state index contributed by atoms with van der Waals surface area (Å²) in [5.74, 6) is 1.21. The van der Waals surface area contributed by atoms with Crippen LogP contribution in [0.1, 0.15) is 44.6 Å². The van der Waals surface area contributed by atoms with Crippen LogP contribution in [-0.4, -0.2) is 4.83 Å². The largest absolute Gasteiger partial charge is 0.207 e. The average Bonchev–Trinajstić information content (AvgIpc) is 2.38. The Balaban J connectivity index is 2.05. The van der Waals surface area contributed by atoms with Gasteiger partial charge in [-0.05, 0) is 61.3 Å². The molecule has 0 bridgehead atoms. The second kappa shape index (κ2) is 7.08. The minimum Gasteiger partial charge on any atom is -0.207 e. The highest BCUT2D eigenvalue weighted by Crippen LogP contribution is 2.38. The third-order valence-corrected chi connectivity index (χ3v) is 5.63. The van der Waals surface area contributed by atoms with Gasteiger partial charge in [0.2, 0.25) is 0 Å². The summed E-state index contributed by atoms with van der Waals surface area (Å²) in [5.41, 5.74) is 0.763. The number of benzene rings is 1. The summed E-state index contributed by atoms with van der Waals surface area (Å²) < 4.78 is 13.8. The molecule has 1 aliphatic carbocycles. The Labute approximate surface area is 128 Å². The van der Waals surface area contributed by atoms with Gasteiger partial charge in [-0.2, -0.15) is 0 Å². The Morgan fingerprint density at radius 3 is 2.89 bits per heavy atom. The van der Waals surface area contributed by atoms with Crippen molar-refractivity contribution in [1.29, 1.82) is 0 Å². The van der Waals surface area contributed by atoms with Gasteiger partial charge in [0.1, 0.15) is 5.82 Å². The van der Waals surface area contributed by atoms with Crippen LogP contribution in [0, 0.1) is 17.7 Å². The lowest BCUT2D eigenvalue weighted by molar-refractivity contribution is 0.262. The molecule has 0 nitrogen and oxygen atoms in total. The lowest BCUT2D eigenvalue weighted by Gasteiger charge is -2.33. The van der Waals surface area contributed by atoms with E-state index in [4.69, 9.17) is 11.6 Å².